The van der Waals surface area contributed by atoms with Gasteiger partial charge in [-0.1, -0.05) is 0 Å². The van der Waals surface area contributed by atoms with Crippen LogP contribution in [0.4, 0.5) is 9.80 Å². The lowest BCUT2D eigenvalue weighted by atomic mass is 10.4. The number of carbonyl (C=O) groups is 1. The number of urea groups is 1. The Kier molecular flexibility index (Phi) is 3.39. The second-order valence-electron chi connectivity index (χ2n) is 4.09. The van der Waals surface area contributed by atoms with Crippen LogP contribution in [0.2, 0.25) is 0 Å². The molecule has 0 aliphatic carbocycles. The molecule has 0 spiro atoms. The number of hydrogen-bond acceptors (Lipinski definition) is 4. The smallest absolute Gasteiger partial charge is 0.322 e. The van der Waals surface area contributed by atoms with Crippen molar-refractivity contribution in [2.24, 2.45) is 0 Å². The van der Waals surface area contributed by atoms with Crippen molar-refractivity contribution in [1.29, 1.82) is 0 Å². The van der Waals surface area contributed by atoms with E-state index in [2.05, 4.69) is 5.32 Å². The summed E-state index contributed by atoms with van der Waals surface area (Å²) in [6.45, 7) is 0.783. The second kappa shape index (κ2) is 4.66. The van der Waals surface area contributed by atoms with Crippen molar-refractivity contribution in [2.45, 2.75) is 11.7 Å². The van der Waals surface area contributed by atoms with Crippen LogP contribution in [-0.2, 0) is 9.84 Å². The molecule has 1 aromatic heterocycles. The Balaban J connectivity index is 1.95. The van der Waals surface area contributed by atoms with Crippen LogP contribution in [0.3, 0.4) is 0 Å². The molecule has 1 aliphatic heterocycles. The summed E-state index contributed by atoms with van der Waals surface area (Å²) >= 11 is 1.44. The molecular formula is C10H14N2O3S2. The van der Waals surface area contributed by atoms with Gasteiger partial charge in [0.25, 0.3) is 0 Å². The van der Waals surface area contributed by atoms with Crippen LogP contribution < -0.4 is 5.32 Å². The molecule has 5 nitrogen and oxygen atoms in total. The fraction of sp³-hybridized carbons (Fsp3) is 0.500. The van der Waals surface area contributed by atoms with E-state index in [9.17, 15) is 13.2 Å². The zero-order chi connectivity index (χ0) is 12.5. The molecule has 94 valence electrons. The van der Waals surface area contributed by atoms with Crippen molar-refractivity contribution in [3.8, 4) is 0 Å². The van der Waals surface area contributed by atoms with Gasteiger partial charge in [-0.25, -0.2) is 13.2 Å². The maximum Gasteiger partial charge on any atom is 0.322 e. The maximum absolute atomic E-state index is 11.8. The summed E-state index contributed by atoms with van der Waals surface area (Å²) < 4.78 is 22.7. The van der Waals surface area contributed by atoms with Crippen LogP contribution in [-0.4, -0.2) is 43.9 Å². The molecule has 0 bridgehead atoms. The van der Waals surface area contributed by atoms with Gasteiger partial charge in [0, 0.05) is 19.3 Å². The number of likely N-dealkylation sites (tertiary alicyclic amines) is 1. The molecule has 0 saturated carbocycles. The predicted molar refractivity (Wildman–Crippen MR) is 68.2 cm³/mol. The van der Waals surface area contributed by atoms with Crippen molar-refractivity contribution in [1.82, 2.24) is 4.90 Å². The monoisotopic (exact) mass is 274 g/mol. The van der Waals surface area contributed by atoms with Crippen molar-refractivity contribution in [2.75, 3.05) is 24.7 Å². The Hall–Kier alpha value is -1.08. The number of amides is 2. The van der Waals surface area contributed by atoms with E-state index in [1.165, 1.54) is 17.6 Å². The summed E-state index contributed by atoms with van der Waals surface area (Å²) in [5, 5.41) is 4.98. The molecule has 17 heavy (non-hydrogen) atoms. The molecule has 0 aromatic carbocycles. The fourth-order valence-corrected chi connectivity index (χ4v) is 3.39. The highest BCUT2D eigenvalue weighted by Crippen LogP contribution is 2.19. The molecule has 2 amide bonds. The van der Waals surface area contributed by atoms with E-state index in [-0.39, 0.29) is 12.6 Å². The lowest BCUT2D eigenvalue weighted by molar-refractivity contribution is 0.222. The van der Waals surface area contributed by atoms with Gasteiger partial charge in [-0.3, -0.25) is 5.32 Å². The molecule has 1 aromatic rings. The van der Waals surface area contributed by atoms with E-state index in [1.54, 1.807) is 4.90 Å². The first-order chi connectivity index (χ1) is 7.97. The van der Waals surface area contributed by atoms with E-state index in [1.807, 2.05) is 17.5 Å². The highest BCUT2D eigenvalue weighted by molar-refractivity contribution is 7.91. The quantitative estimate of drug-likeness (QED) is 0.886. The SMILES string of the molecule is CS(=O)(=O)[C@@H]1CCN(C(=O)Nc2cccs2)C1. The van der Waals surface area contributed by atoms with Crippen LogP contribution in [0.25, 0.3) is 0 Å². The highest BCUT2D eigenvalue weighted by Gasteiger charge is 2.32. The van der Waals surface area contributed by atoms with Crippen LogP contribution in [0, 0.1) is 0 Å². The lowest BCUT2D eigenvalue weighted by Crippen LogP contribution is -2.34. The molecular weight excluding hydrogens is 260 g/mol. The van der Waals surface area contributed by atoms with Crippen LogP contribution >= 0.6 is 11.3 Å². The minimum Gasteiger partial charge on any atom is -0.323 e. The molecule has 1 atom stereocenters. The van der Waals surface area contributed by atoms with Crippen molar-refractivity contribution >= 4 is 32.2 Å². The third-order valence-corrected chi connectivity index (χ3v) is 5.17. The summed E-state index contributed by atoms with van der Waals surface area (Å²) in [7, 11) is -3.05. The Morgan fingerprint density at radius 2 is 2.35 bits per heavy atom. The molecule has 2 heterocycles. The normalized spacial score (nSPS) is 20.5. The van der Waals surface area contributed by atoms with E-state index in [4.69, 9.17) is 0 Å². The summed E-state index contributed by atoms with van der Waals surface area (Å²) in [5.74, 6) is 0. The fourth-order valence-electron chi connectivity index (χ4n) is 1.80. The van der Waals surface area contributed by atoms with Crippen molar-refractivity contribution in [3.63, 3.8) is 0 Å². The van der Waals surface area contributed by atoms with Gasteiger partial charge in [0.1, 0.15) is 0 Å². The molecule has 1 fully saturated rings. The molecule has 7 heteroatoms. The molecule has 1 N–H and O–H groups in total. The second-order valence-corrected chi connectivity index (χ2v) is 7.37. The summed E-state index contributed by atoms with van der Waals surface area (Å²) in [6.07, 6.45) is 1.75. The van der Waals surface area contributed by atoms with E-state index >= 15 is 0 Å². The highest BCUT2D eigenvalue weighted by atomic mass is 32.2. The van der Waals surface area contributed by atoms with E-state index in [0.717, 1.165) is 5.00 Å². The topological polar surface area (TPSA) is 66.5 Å². The summed E-state index contributed by atoms with van der Waals surface area (Å²) in [5.41, 5.74) is 0. The maximum atomic E-state index is 11.8. The molecule has 0 unspecified atom stereocenters. The van der Waals surface area contributed by atoms with Crippen molar-refractivity contribution in [3.05, 3.63) is 17.5 Å². The first-order valence-corrected chi connectivity index (χ1v) is 8.08. The van der Waals surface area contributed by atoms with Crippen LogP contribution in [0.5, 0.6) is 0 Å². The zero-order valence-corrected chi connectivity index (χ0v) is 11.1. The van der Waals surface area contributed by atoms with Gasteiger partial charge in [-0.2, -0.15) is 0 Å². The number of hydrogen-bond donors (Lipinski definition) is 1. The average molecular weight is 274 g/mol. The number of anilines is 1. The number of sulfone groups is 1. The van der Waals surface area contributed by atoms with E-state index in [0.29, 0.717) is 13.0 Å². The third-order valence-electron chi connectivity index (χ3n) is 2.79. The predicted octanol–water partition coefficient (Wildman–Crippen LogP) is 1.40. The minimum atomic E-state index is -3.05. The first-order valence-electron chi connectivity index (χ1n) is 5.25. The van der Waals surface area contributed by atoms with Gasteiger partial charge in [0.05, 0.1) is 10.3 Å². The zero-order valence-electron chi connectivity index (χ0n) is 9.42. The molecule has 2 rings (SSSR count). The number of nitrogens with one attached hydrogen (secondary N) is 1. The molecule has 1 saturated heterocycles. The molecule has 0 radical (unpaired) electrons. The van der Waals surface area contributed by atoms with Crippen molar-refractivity contribution < 1.29 is 13.2 Å². The standard InChI is InChI=1S/C10H14N2O3S2/c1-17(14,15)8-4-5-12(7-8)10(13)11-9-3-2-6-16-9/h2-3,6,8H,4-5,7H2,1H3,(H,11,13)/t8-/m1/s1. The van der Waals surface area contributed by atoms with Gasteiger partial charge < -0.3 is 4.90 Å². The Bertz CT molecular complexity index is 496. The largest absolute Gasteiger partial charge is 0.323 e. The third kappa shape index (κ3) is 2.98. The van der Waals surface area contributed by atoms with Gasteiger partial charge in [0.2, 0.25) is 0 Å². The Morgan fingerprint density at radius 3 is 2.88 bits per heavy atom. The lowest BCUT2D eigenvalue weighted by Gasteiger charge is -2.16. The number of rotatable bonds is 2. The Labute approximate surface area is 104 Å². The number of carbonyl (C=O) groups excluding carboxylic acids is 1. The Morgan fingerprint density at radius 1 is 1.59 bits per heavy atom. The first kappa shape index (κ1) is 12.4. The van der Waals surface area contributed by atoms with Gasteiger partial charge in [-0.05, 0) is 23.9 Å². The van der Waals surface area contributed by atoms with Gasteiger partial charge in [-0.15, -0.1) is 11.3 Å². The van der Waals surface area contributed by atoms with Gasteiger partial charge in [0.15, 0.2) is 9.84 Å². The molecule has 1 aliphatic rings. The summed E-state index contributed by atoms with van der Waals surface area (Å²) in [4.78, 5) is 13.4. The summed E-state index contributed by atoms with van der Waals surface area (Å²) in [6, 6.07) is 3.44. The number of thiophene rings is 1. The van der Waals surface area contributed by atoms with Crippen LogP contribution in [0.1, 0.15) is 6.42 Å². The number of nitrogens with zero attached hydrogens (tertiary/aromatic N) is 1. The van der Waals surface area contributed by atoms with E-state index < -0.39 is 15.1 Å². The van der Waals surface area contributed by atoms with Gasteiger partial charge >= 0.3 is 6.03 Å². The van der Waals surface area contributed by atoms with Crippen LogP contribution in [0.15, 0.2) is 17.5 Å². The average Bonchev–Trinajstić information content (AvgIpc) is 2.85. The minimum absolute atomic E-state index is 0.224.